The zero-order valence-corrected chi connectivity index (χ0v) is 10.9. The summed E-state index contributed by atoms with van der Waals surface area (Å²) in [7, 11) is -3.42. The number of nitriles is 1. The van der Waals surface area contributed by atoms with E-state index in [-0.39, 0.29) is 23.4 Å². The van der Waals surface area contributed by atoms with E-state index in [1.165, 1.54) is 12.1 Å². The van der Waals surface area contributed by atoms with E-state index in [0.717, 1.165) is 6.07 Å². The lowest BCUT2D eigenvalue weighted by atomic mass is 10.1. The molecule has 18 heavy (non-hydrogen) atoms. The van der Waals surface area contributed by atoms with Crippen molar-refractivity contribution < 1.29 is 12.8 Å². The molecule has 98 valence electrons. The van der Waals surface area contributed by atoms with Crippen molar-refractivity contribution in [2.75, 3.05) is 6.54 Å². The van der Waals surface area contributed by atoms with Gasteiger partial charge in [0.05, 0.1) is 22.6 Å². The highest BCUT2D eigenvalue weighted by Crippen LogP contribution is 2.17. The number of nitrogens with two attached hydrogens (primary N) is 1. The lowest BCUT2D eigenvalue weighted by Crippen LogP contribution is -2.23. The molecule has 1 aromatic rings. The van der Waals surface area contributed by atoms with Crippen molar-refractivity contribution in [3.63, 3.8) is 0 Å². The molecule has 1 unspecified atom stereocenters. The number of benzene rings is 1. The van der Waals surface area contributed by atoms with Crippen LogP contribution >= 0.6 is 0 Å². The molecule has 0 heterocycles. The highest BCUT2D eigenvalue weighted by atomic mass is 32.2. The Kier molecular flexibility index (Phi) is 4.82. The molecular weight excluding hydrogens is 255 g/mol. The number of rotatable bonds is 5. The normalized spacial score (nSPS) is 13.0. The second-order valence-corrected chi connectivity index (χ2v) is 6.53. The summed E-state index contributed by atoms with van der Waals surface area (Å²) in [5.74, 6) is -1.04. The maximum atomic E-state index is 13.6. The summed E-state index contributed by atoms with van der Waals surface area (Å²) in [6, 6.07) is 5.57. The van der Waals surface area contributed by atoms with Gasteiger partial charge in [-0.2, -0.15) is 5.26 Å². The molecule has 0 saturated carbocycles. The minimum absolute atomic E-state index is 0.0814. The van der Waals surface area contributed by atoms with Crippen molar-refractivity contribution >= 4 is 9.84 Å². The van der Waals surface area contributed by atoms with Crippen LogP contribution < -0.4 is 5.73 Å². The minimum atomic E-state index is -3.42. The Morgan fingerprint density at radius 3 is 2.67 bits per heavy atom. The smallest absolute Gasteiger partial charge is 0.157 e. The van der Waals surface area contributed by atoms with Crippen LogP contribution in [0.25, 0.3) is 0 Å². The highest BCUT2D eigenvalue weighted by molar-refractivity contribution is 7.91. The summed E-state index contributed by atoms with van der Waals surface area (Å²) in [5, 5.41) is 8.00. The molecule has 4 nitrogen and oxygen atoms in total. The van der Waals surface area contributed by atoms with E-state index in [9.17, 15) is 12.8 Å². The lowest BCUT2D eigenvalue weighted by Gasteiger charge is -2.12. The van der Waals surface area contributed by atoms with Crippen LogP contribution in [0.3, 0.4) is 0 Å². The van der Waals surface area contributed by atoms with E-state index < -0.39 is 20.9 Å². The van der Waals surface area contributed by atoms with Gasteiger partial charge in [-0.05, 0) is 32.0 Å². The minimum Gasteiger partial charge on any atom is -0.330 e. The van der Waals surface area contributed by atoms with E-state index in [1.54, 1.807) is 13.0 Å². The fourth-order valence-electron chi connectivity index (χ4n) is 1.51. The van der Waals surface area contributed by atoms with Crippen LogP contribution in [-0.2, 0) is 15.6 Å². The predicted molar refractivity (Wildman–Crippen MR) is 66.9 cm³/mol. The van der Waals surface area contributed by atoms with Gasteiger partial charge in [0.2, 0.25) is 0 Å². The Morgan fingerprint density at radius 1 is 1.50 bits per heavy atom. The SMILES string of the molecule is CC(CCN)S(=O)(=O)Cc1ccc(C#N)cc1F. The molecule has 0 bridgehead atoms. The maximum absolute atomic E-state index is 13.6. The van der Waals surface area contributed by atoms with E-state index in [2.05, 4.69) is 0 Å². The first kappa shape index (κ1) is 14.6. The fraction of sp³-hybridized carbons (Fsp3) is 0.417. The molecule has 0 radical (unpaired) electrons. The van der Waals surface area contributed by atoms with E-state index in [1.807, 2.05) is 0 Å². The molecule has 0 saturated heterocycles. The quantitative estimate of drug-likeness (QED) is 0.875. The van der Waals surface area contributed by atoms with Gasteiger partial charge in [0.1, 0.15) is 5.82 Å². The second-order valence-electron chi connectivity index (χ2n) is 4.11. The van der Waals surface area contributed by atoms with Crippen LogP contribution in [0.4, 0.5) is 4.39 Å². The van der Waals surface area contributed by atoms with E-state index in [0.29, 0.717) is 6.42 Å². The first-order valence-corrected chi connectivity index (χ1v) is 7.22. The van der Waals surface area contributed by atoms with Crippen molar-refractivity contribution in [2.24, 2.45) is 5.73 Å². The predicted octanol–water partition coefficient (Wildman–Crippen LogP) is 1.35. The van der Waals surface area contributed by atoms with Gasteiger partial charge in [-0.15, -0.1) is 0 Å². The van der Waals surface area contributed by atoms with Gasteiger partial charge < -0.3 is 5.73 Å². The van der Waals surface area contributed by atoms with Crippen LogP contribution in [0.2, 0.25) is 0 Å². The summed E-state index contributed by atoms with van der Waals surface area (Å²) in [6.45, 7) is 1.83. The highest BCUT2D eigenvalue weighted by Gasteiger charge is 2.22. The van der Waals surface area contributed by atoms with Crippen molar-refractivity contribution in [3.8, 4) is 6.07 Å². The zero-order chi connectivity index (χ0) is 13.8. The Labute approximate surface area is 106 Å². The topological polar surface area (TPSA) is 84.0 Å². The Hall–Kier alpha value is -1.45. The van der Waals surface area contributed by atoms with Crippen LogP contribution in [0.1, 0.15) is 24.5 Å². The third-order valence-corrected chi connectivity index (χ3v) is 4.90. The molecule has 0 spiro atoms. The number of nitrogens with zero attached hydrogens (tertiary/aromatic N) is 1. The van der Waals surface area contributed by atoms with Crippen molar-refractivity contribution in [3.05, 3.63) is 35.1 Å². The molecular formula is C12H15FN2O2S. The largest absolute Gasteiger partial charge is 0.330 e. The summed E-state index contributed by atoms with van der Waals surface area (Å²) >= 11 is 0. The molecule has 0 aliphatic rings. The van der Waals surface area contributed by atoms with Crippen LogP contribution in [0.5, 0.6) is 0 Å². The van der Waals surface area contributed by atoms with Gasteiger partial charge in [0.15, 0.2) is 9.84 Å². The number of hydrogen-bond donors (Lipinski definition) is 1. The number of halogens is 1. The molecule has 1 rings (SSSR count). The van der Waals surface area contributed by atoms with E-state index >= 15 is 0 Å². The van der Waals surface area contributed by atoms with Crippen LogP contribution in [0.15, 0.2) is 18.2 Å². The Morgan fingerprint density at radius 2 is 2.17 bits per heavy atom. The maximum Gasteiger partial charge on any atom is 0.157 e. The van der Waals surface area contributed by atoms with Gasteiger partial charge in [-0.25, -0.2) is 12.8 Å². The summed E-state index contributed by atoms with van der Waals surface area (Å²) in [4.78, 5) is 0. The Balaban J connectivity index is 2.95. The van der Waals surface area contributed by atoms with Crippen molar-refractivity contribution in [1.82, 2.24) is 0 Å². The third kappa shape index (κ3) is 3.52. The first-order chi connectivity index (χ1) is 8.40. The zero-order valence-electron chi connectivity index (χ0n) is 10.1. The number of sulfone groups is 1. The fourth-order valence-corrected chi connectivity index (χ4v) is 2.95. The molecule has 0 amide bonds. The second kappa shape index (κ2) is 5.94. The van der Waals surface area contributed by atoms with Crippen LogP contribution in [-0.4, -0.2) is 20.2 Å². The standard InChI is InChI=1S/C12H15FN2O2S/c1-9(4-5-14)18(16,17)8-11-3-2-10(7-15)6-12(11)13/h2-3,6,9H,4-5,8,14H2,1H3. The number of hydrogen-bond acceptors (Lipinski definition) is 4. The summed E-state index contributed by atoms with van der Waals surface area (Å²) < 4.78 is 37.4. The van der Waals surface area contributed by atoms with E-state index in [4.69, 9.17) is 11.0 Å². The average molecular weight is 270 g/mol. The Bertz CT molecular complexity index is 564. The molecule has 6 heteroatoms. The lowest BCUT2D eigenvalue weighted by molar-refractivity contribution is 0.571. The molecule has 0 aromatic heterocycles. The van der Waals surface area contributed by atoms with Crippen molar-refractivity contribution in [2.45, 2.75) is 24.3 Å². The van der Waals surface area contributed by atoms with Gasteiger partial charge in [0.25, 0.3) is 0 Å². The van der Waals surface area contributed by atoms with Gasteiger partial charge >= 0.3 is 0 Å². The third-order valence-electron chi connectivity index (χ3n) is 2.73. The molecule has 1 aromatic carbocycles. The van der Waals surface area contributed by atoms with Crippen LogP contribution in [0, 0.1) is 17.1 Å². The summed E-state index contributed by atoms with van der Waals surface area (Å²) in [5.41, 5.74) is 5.56. The molecule has 0 aliphatic heterocycles. The molecule has 1 atom stereocenters. The van der Waals surface area contributed by atoms with Gasteiger partial charge in [0, 0.05) is 5.56 Å². The average Bonchev–Trinajstić information content (AvgIpc) is 2.32. The molecule has 2 N–H and O–H groups in total. The van der Waals surface area contributed by atoms with Gasteiger partial charge in [-0.1, -0.05) is 6.07 Å². The monoisotopic (exact) mass is 270 g/mol. The molecule has 0 aliphatic carbocycles. The first-order valence-electron chi connectivity index (χ1n) is 5.51. The summed E-state index contributed by atoms with van der Waals surface area (Å²) in [6.07, 6.45) is 0.347. The van der Waals surface area contributed by atoms with Gasteiger partial charge in [-0.3, -0.25) is 0 Å². The molecule has 0 fully saturated rings. The van der Waals surface area contributed by atoms with Crippen molar-refractivity contribution in [1.29, 1.82) is 5.26 Å².